The summed E-state index contributed by atoms with van der Waals surface area (Å²) in [5, 5.41) is 0. The molecule has 0 spiro atoms. The number of ether oxygens (including phenoxy) is 1. The van der Waals surface area contributed by atoms with Crippen molar-refractivity contribution in [3.8, 4) is 0 Å². The first-order valence-electron chi connectivity index (χ1n) is 6.81. The summed E-state index contributed by atoms with van der Waals surface area (Å²) in [6.45, 7) is 6.96. The summed E-state index contributed by atoms with van der Waals surface area (Å²) in [5.41, 5.74) is 0.426. The highest BCUT2D eigenvalue weighted by molar-refractivity contribution is 9.11. The van der Waals surface area contributed by atoms with E-state index >= 15 is 0 Å². The van der Waals surface area contributed by atoms with E-state index in [-0.39, 0.29) is 22.9 Å². The van der Waals surface area contributed by atoms with Crippen molar-refractivity contribution in [1.82, 2.24) is 0 Å². The second-order valence-electron chi connectivity index (χ2n) is 6.61. The molecule has 4 heteroatoms. The molecule has 0 saturated heterocycles. The Morgan fingerprint density at radius 1 is 1.42 bits per heavy atom. The summed E-state index contributed by atoms with van der Waals surface area (Å²) >= 11 is 4.83. The Hall–Kier alpha value is -0.350. The second-order valence-corrected chi connectivity index (χ2v) is 9.07. The van der Waals surface area contributed by atoms with Crippen LogP contribution in [0, 0.1) is 16.7 Å². The molecule has 0 amide bonds. The average molecular weight is 343 g/mol. The molecule has 2 aliphatic carbocycles. The normalized spacial score (nSPS) is 35.6. The van der Waals surface area contributed by atoms with E-state index in [4.69, 9.17) is 4.74 Å². The first kappa shape index (κ1) is 13.6. The van der Waals surface area contributed by atoms with E-state index in [2.05, 4.69) is 36.7 Å². The molecule has 0 aliphatic heterocycles. The summed E-state index contributed by atoms with van der Waals surface area (Å²) in [7, 11) is 0. The minimum absolute atomic E-state index is 0.0784. The highest BCUT2D eigenvalue weighted by Crippen LogP contribution is 2.66. The maximum atomic E-state index is 12.2. The van der Waals surface area contributed by atoms with Crippen molar-refractivity contribution in [2.75, 3.05) is 0 Å². The van der Waals surface area contributed by atoms with Gasteiger partial charge >= 0.3 is 5.97 Å². The van der Waals surface area contributed by atoms with E-state index in [0.717, 1.165) is 10.2 Å². The Bertz CT molecular complexity index is 522. The Kier molecular flexibility index (Phi) is 3.10. The quantitative estimate of drug-likeness (QED) is 0.715. The standard InChI is InChI=1S/C15H19BrO2S/c1-14(2)9-6-7-15(14,3)11(8-9)18-13(17)10-4-5-12(16)19-10/h4-5,9,11H,6-8H2,1-3H3/t9-,11+,15-/m0/s1. The predicted molar refractivity (Wildman–Crippen MR) is 80.5 cm³/mol. The van der Waals surface area contributed by atoms with Crippen LogP contribution < -0.4 is 0 Å². The molecular weight excluding hydrogens is 324 g/mol. The van der Waals surface area contributed by atoms with Gasteiger partial charge in [0, 0.05) is 5.41 Å². The average Bonchev–Trinajstić information content (AvgIpc) is 2.91. The van der Waals surface area contributed by atoms with Crippen molar-refractivity contribution in [2.45, 2.75) is 46.1 Å². The van der Waals surface area contributed by atoms with Gasteiger partial charge in [-0.15, -0.1) is 11.3 Å². The molecule has 0 aromatic carbocycles. The maximum Gasteiger partial charge on any atom is 0.348 e. The van der Waals surface area contributed by atoms with Crippen molar-refractivity contribution in [3.63, 3.8) is 0 Å². The zero-order valence-corrected chi connectivity index (χ0v) is 13.9. The molecule has 0 N–H and O–H groups in total. The Balaban J connectivity index is 1.77. The molecule has 104 valence electrons. The Morgan fingerprint density at radius 3 is 2.63 bits per heavy atom. The number of halogens is 1. The van der Waals surface area contributed by atoms with Gasteiger partial charge in [0.25, 0.3) is 0 Å². The lowest BCUT2D eigenvalue weighted by Crippen LogP contribution is -2.38. The zero-order valence-electron chi connectivity index (χ0n) is 11.5. The lowest BCUT2D eigenvalue weighted by Gasteiger charge is -2.38. The van der Waals surface area contributed by atoms with Crippen molar-refractivity contribution < 1.29 is 9.53 Å². The topological polar surface area (TPSA) is 26.3 Å². The van der Waals surface area contributed by atoms with Crippen molar-refractivity contribution in [1.29, 1.82) is 0 Å². The molecular formula is C15H19BrO2S. The van der Waals surface area contributed by atoms with Crippen LogP contribution in [0.5, 0.6) is 0 Å². The third kappa shape index (κ3) is 1.90. The van der Waals surface area contributed by atoms with Crippen LogP contribution in [0.1, 0.15) is 49.7 Å². The fourth-order valence-electron chi connectivity index (χ4n) is 3.92. The molecule has 2 nitrogen and oxygen atoms in total. The maximum absolute atomic E-state index is 12.2. The summed E-state index contributed by atoms with van der Waals surface area (Å²) in [6.07, 6.45) is 3.57. The SMILES string of the molecule is CC1(C)[C@H]2CC[C@@]1(C)[C@H](OC(=O)c1ccc(Br)s1)C2. The largest absolute Gasteiger partial charge is 0.458 e. The monoisotopic (exact) mass is 342 g/mol. The molecule has 0 radical (unpaired) electrons. The van der Waals surface area contributed by atoms with E-state index < -0.39 is 0 Å². The number of esters is 1. The third-order valence-corrected chi connectivity index (χ3v) is 7.34. The first-order chi connectivity index (χ1) is 8.84. The van der Waals surface area contributed by atoms with Gasteiger partial charge in [-0.1, -0.05) is 20.8 Å². The summed E-state index contributed by atoms with van der Waals surface area (Å²) in [4.78, 5) is 12.9. The van der Waals surface area contributed by atoms with Crippen LogP contribution in [0.3, 0.4) is 0 Å². The number of fused-ring (bicyclic) bond motifs is 2. The molecule has 19 heavy (non-hydrogen) atoms. The lowest BCUT2D eigenvalue weighted by atomic mass is 9.70. The van der Waals surface area contributed by atoms with E-state index in [1.807, 2.05) is 12.1 Å². The number of thiophene rings is 1. The molecule has 2 fully saturated rings. The number of hydrogen-bond donors (Lipinski definition) is 0. The third-order valence-electron chi connectivity index (χ3n) is 5.74. The highest BCUT2D eigenvalue weighted by Gasteiger charge is 2.62. The molecule has 2 aliphatic rings. The molecule has 3 rings (SSSR count). The van der Waals surface area contributed by atoms with Gasteiger partial charge in [-0.2, -0.15) is 0 Å². The van der Waals surface area contributed by atoms with Crippen LogP contribution in [0.4, 0.5) is 0 Å². The molecule has 1 heterocycles. The van der Waals surface area contributed by atoms with Gasteiger partial charge in [0.05, 0.1) is 3.79 Å². The zero-order chi connectivity index (χ0) is 13.8. The molecule has 3 atom stereocenters. The van der Waals surface area contributed by atoms with Crippen LogP contribution in [-0.4, -0.2) is 12.1 Å². The number of hydrogen-bond acceptors (Lipinski definition) is 3. The van der Waals surface area contributed by atoms with Gasteiger partial charge in [0.15, 0.2) is 0 Å². The van der Waals surface area contributed by atoms with Crippen molar-refractivity contribution in [2.24, 2.45) is 16.7 Å². The number of carbonyl (C=O) groups excluding carboxylic acids is 1. The van der Waals surface area contributed by atoms with E-state index in [1.165, 1.54) is 24.2 Å². The van der Waals surface area contributed by atoms with Crippen LogP contribution >= 0.6 is 27.3 Å². The number of rotatable bonds is 2. The molecule has 0 unspecified atom stereocenters. The van der Waals surface area contributed by atoms with E-state index in [9.17, 15) is 4.79 Å². The Labute approximate surface area is 126 Å². The van der Waals surface area contributed by atoms with E-state index in [1.54, 1.807) is 0 Å². The first-order valence-corrected chi connectivity index (χ1v) is 8.42. The molecule has 2 bridgehead atoms. The smallest absolute Gasteiger partial charge is 0.348 e. The van der Waals surface area contributed by atoms with E-state index in [0.29, 0.717) is 10.8 Å². The van der Waals surface area contributed by atoms with Crippen LogP contribution in [0.25, 0.3) is 0 Å². The number of carbonyl (C=O) groups is 1. The molecule has 1 aromatic heterocycles. The summed E-state index contributed by atoms with van der Waals surface area (Å²) < 4.78 is 6.81. The van der Waals surface area contributed by atoms with Crippen molar-refractivity contribution in [3.05, 3.63) is 20.8 Å². The van der Waals surface area contributed by atoms with Gasteiger partial charge in [0.2, 0.25) is 0 Å². The summed E-state index contributed by atoms with van der Waals surface area (Å²) in [5.74, 6) is 0.538. The molecule has 1 aromatic rings. The lowest BCUT2D eigenvalue weighted by molar-refractivity contribution is -0.0238. The van der Waals surface area contributed by atoms with Crippen LogP contribution in [0.15, 0.2) is 15.9 Å². The van der Waals surface area contributed by atoms with Gasteiger partial charge < -0.3 is 4.74 Å². The Morgan fingerprint density at radius 2 is 2.16 bits per heavy atom. The van der Waals surface area contributed by atoms with Crippen molar-refractivity contribution >= 4 is 33.2 Å². The fourth-order valence-corrected chi connectivity index (χ4v) is 5.19. The van der Waals surface area contributed by atoms with Gasteiger partial charge in [-0.25, -0.2) is 4.79 Å². The van der Waals surface area contributed by atoms with Crippen LogP contribution in [-0.2, 0) is 4.74 Å². The van der Waals surface area contributed by atoms with Gasteiger partial charge in [-0.05, 0) is 58.7 Å². The second kappa shape index (κ2) is 4.32. The molecule has 2 saturated carbocycles. The predicted octanol–water partition coefficient (Wildman–Crippen LogP) is 4.88. The van der Waals surface area contributed by atoms with Crippen LogP contribution in [0.2, 0.25) is 0 Å². The van der Waals surface area contributed by atoms with Gasteiger partial charge in [0.1, 0.15) is 11.0 Å². The summed E-state index contributed by atoms with van der Waals surface area (Å²) in [6, 6.07) is 3.73. The van der Waals surface area contributed by atoms with Gasteiger partial charge in [-0.3, -0.25) is 0 Å². The highest BCUT2D eigenvalue weighted by atomic mass is 79.9. The minimum Gasteiger partial charge on any atom is -0.458 e. The fraction of sp³-hybridized carbons (Fsp3) is 0.667. The minimum atomic E-state index is -0.162.